The number of nitrogens with one attached hydrogen (secondary N) is 1. The minimum Gasteiger partial charge on any atom is -0.380 e. The maximum atomic E-state index is 4.09. The minimum absolute atomic E-state index is 0.502. The van der Waals surface area contributed by atoms with Crippen LogP contribution in [0.3, 0.4) is 0 Å². The molecule has 0 saturated carbocycles. The summed E-state index contributed by atoms with van der Waals surface area (Å²) in [7, 11) is 4.12. The number of hydrogen-bond acceptors (Lipinski definition) is 2. The van der Waals surface area contributed by atoms with E-state index in [4.69, 9.17) is 0 Å². The summed E-state index contributed by atoms with van der Waals surface area (Å²) in [6, 6.07) is 0.502. The number of rotatable bonds is 3. The SMILES string of the molecule is C=C(C1C[C@H](C(C)C)CN1)N(C)C. The monoisotopic (exact) mass is 182 g/mol. The lowest BCUT2D eigenvalue weighted by molar-refractivity contribution is 0.399. The third-order valence-corrected chi connectivity index (χ3v) is 3.08. The first kappa shape index (κ1) is 10.6. The first-order valence-electron chi connectivity index (χ1n) is 5.12. The molecule has 1 aliphatic heterocycles. The highest BCUT2D eigenvalue weighted by molar-refractivity contribution is 5.06. The second kappa shape index (κ2) is 4.14. The van der Waals surface area contributed by atoms with Gasteiger partial charge in [-0.05, 0) is 24.8 Å². The van der Waals surface area contributed by atoms with Crippen molar-refractivity contribution in [2.75, 3.05) is 20.6 Å². The first-order chi connectivity index (χ1) is 6.02. The molecule has 0 aliphatic carbocycles. The largest absolute Gasteiger partial charge is 0.380 e. The molecule has 0 radical (unpaired) electrons. The van der Waals surface area contributed by atoms with Gasteiger partial charge in [0.05, 0.1) is 0 Å². The Labute approximate surface area is 82.0 Å². The summed E-state index contributed by atoms with van der Waals surface area (Å²) >= 11 is 0. The van der Waals surface area contributed by atoms with Gasteiger partial charge >= 0.3 is 0 Å². The van der Waals surface area contributed by atoms with Crippen molar-refractivity contribution in [3.05, 3.63) is 12.3 Å². The van der Waals surface area contributed by atoms with Crippen molar-refractivity contribution >= 4 is 0 Å². The van der Waals surface area contributed by atoms with Crippen LogP contribution in [0.25, 0.3) is 0 Å². The van der Waals surface area contributed by atoms with E-state index in [-0.39, 0.29) is 0 Å². The van der Waals surface area contributed by atoms with Gasteiger partial charge in [-0.1, -0.05) is 20.4 Å². The zero-order valence-electron chi connectivity index (χ0n) is 9.30. The second-order valence-corrected chi connectivity index (χ2v) is 4.59. The van der Waals surface area contributed by atoms with Crippen molar-refractivity contribution in [3.8, 4) is 0 Å². The Balaban J connectivity index is 2.45. The highest BCUT2D eigenvalue weighted by atomic mass is 15.1. The Morgan fingerprint density at radius 1 is 1.46 bits per heavy atom. The Bertz CT molecular complexity index is 185. The van der Waals surface area contributed by atoms with E-state index in [2.05, 4.69) is 44.7 Å². The summed E-state index contributed by atoms with van der Waals surface area (Å²) in [5, 5.41) is 3.53. The molecule has 76 valence electrons. The number of hydrogen-bond donors (Lipinski definition) is 1. The zero-order chi connectivity index (χ0) is 10.0. The fourth-order valence-corrected chi connectivity index (χ4v) is 1.84. The highest BCUT2D eigenvalue weighted by Gasteiger charge is 2.28. The fourth-order valence-electron chi connectivity index (χ4n) is 1.84. The van der Waals surface area contributed by atoms with E-state index in [0.29, 0.717) is 6.04 Å². The lowest BCUT2D eigenvalue weighted by atomic mass is 9.93. The molecule has 1 heterocycles. The molecule has 2 atom stereocenters. The van der Waals surface area contributed by atoms with E-state index in [0.717, 1.165) is 18.4 Å². The highest BCUT2D eigenvalue weighted by Crippen LogP contribution is 2.25. The van der Waals surface area contributed by atoms with Crippen LogP contribution < -0.4 is 5.32 Å². The van der Waals surface area contributed by atoms with Gasteiger partial charge in [-0.15, -0.1) is 0 Å². The Morgan fingerprint density at radius 2 is 2.08 bits per heavy atom. The summed E-state index contributed by atoms with van der Waals surface area (Å²) in [4.78, 5) is 2.11. The van der Waals surface area contributed by atoms with Gasteiger partial charge in [-0.2, -0.15) is 0 Å². The van der Waals surface area contributed by atoms with Crippen LogP contribution in [0.2, 0.25) is 0 Å². The average molecular weight is 182 g/mol. The van der Waals surface area contributed by atoms with Crippen LogP contribution in [0.15, 0.2) is 12.3 Å². The van der Waals surface area contributed by atoms with Crippen LogP contribution >= 0.6 is 0 Å². The van der Waals surface area contributed by atoms with Gasteiger partial charge in [-0.3, -0.25) is 0 Å². The molecule has 1 aliphatic rings. The standard InChI is InChI=1S/C11H22N2/c1-8(2)10-6-11(12-7-10)9(3)13(4)5/h8,10-12H,3,6-7H2,1-2,4-5H3/t10-,11?/m0/s1. The molecular weight excluding hydrogens is 160 g/mol. The second-order valence-electron chi connectivity index (χ2n) is 4.59. The van der Waals surface area contributed by atoms with Gasteiger partial charge in [0, 0.05) is 25.8 Å². The lowest BCUT2D eigenvalue weighted by Crippen LogP contribution is -2.30. The topological polar surface area (TPSA) is 15.3 Å². The summed E-state index contributed by atoms with van der Waals surface area (Å²) in [5.41, 5.74) is 1.21. The van der Waals surface area contributed by atoms with E-state index < -0.39 is 0 Å². The Hall–Kier alpha value is -0.500. The van der Waals surface area contributed by atoms with Gasteiger partial charge in [0.2, 0.25) is 0 Å². The predicted molar refractivity (Wildman–Crippen MR) is 57.6 cm³/mol. The normalized spacial score (nSPS) is 28.1. The van der Waals surface area contributed by atoms with Crippen molar-refractivity contribution < 1.29 is 0 Å². The third-order valence-electron chi connectivity index (χ3n) is 3.08. The van der Waals surface area contributed by atoms with Crippen LogP contribution in [-0.2, 0) is 0 Å². The van der Waals surface area contributed by atoms with E-state index >= 15 is 0 Å². The van der Waals surface area contributed by atoms with Crippen LogP contribution in [0.4, 0.5) is 0 Å². The summed E-state index contributed by atoms with van der Waals surface area (Å²) in [5.74, 6) is 1.61. The molecule has 0 amide bonds. The Kier molecular flexibility index (Phi) is 3.37. The molecular formula is C11H22N2. The molecule has 1 rings (SSSR count). The molecule has 1 unspecified atom stereocenters. The van der Waals surface area contributed by atoms with Gasteiger partial charge < -0.3 is 10.2 Å². The molecule has 1 saturated heterocycles. The van der Waals surface area contributed by atoms with Crippen molar-refractivity contribution in [2.24, 2.45) is 11.8 Å². The van der Waals surface area contributed by atoms with Crippen LogP contribution in [-0.4, -0.2) is 31.6 Å². The summed E-state index contributed by atoms with van der Waals surface area (Å²) < 4.78 is 0. The minimum atomic E-state index is 0.502. The van der Waals surface area contributed by atoms with Crippen molar-refractivity contribution in [3.63, 3.8) is 0 Å². The van der Waals surface area contributed by atoms with Crippen molar-refractivity contribution in [1.29, 1.82) is 0 Å². The third kappa shape index (κ3) is 2.47. The number of likely N-dealkylation sites (N-methyl/N-ethyl adjacent to an activating group) is 1. The van der Waals surface area contributed by atoms with Gasteiger partial charge in [-0.25, -0.2) is 0 Å². The smallest absolute Gasteiger partial charge is 0.0468 e. The van der Waals surface area contributed by atoms with Crippen molar-refractivity contribution in [1.82, 2.24) is 10.2 Å². The maximum absolute atomic E-state index is 4.09. The quantitative estimate of drug-likeness (QED) is 0.714. The molecule has 0 aromatic rings. The molecule has 13 heavy (non-hydrogen) atoms. The number of nitrogens with zero attached hydrogens (tertiary/aromatic N) is 1. The van der Waals surface area contributed by atoms with Crippen LogP contribution in [0.5, 0.6) is 0 Å². The first-order valence-corrected chi connectivity index (χ1v) is 5.12. The zero-order valence-corrected chi connectivity index (χ0v) is 9.30. The lowest BCUT2D eigenvalue weighted by Gasteiger charge is -2.22. The molecule has 0 aromatic heterocycles. The molecule has 1 N–H and O–H groups in total. The molecule has 0 bridgehead atoms. The van der Waals surface area contributed by atoms with Crippen LogP contribution in [0, 0.1) is 11.8 Å². The Morgan fingerprint density at radius 3 is 2.46 bits per heavy atom. The molecule has 2 nitrogen and oxygen atoms in total. The van der Waals surface area contributed by atoms with Gasteiger partial charge in [0.1, 0.15) is 0 Å². The summed E-state index contributed by atoms with van der Waals surface area (Å²) in [6.45, 7) is 9.84. The van der Waals surface area contributed by atoms with E-state index in [1.807, 2.05) is 0 Å². The predicted octanol–water partition coefficient (Wildman–Crippen LogP) is 1.70. The average Bonchev–Trinajstić information content (AvgIpc) is 2.50. The van der Waals surface area contributed by atoms with Crippen LogP contribution in [0.1, 0.15) is 20.3 Å². The molecule has 0 spiro atoms. The van der Waals surface area contributed by atoms with E-state index in [1.165, 1.54) is 12.1 Å². The fraction of sp³-hybridized carbons (Fsp3) is 0.818. The van der Waals surface area contributed by atoms with Gasteiger partial charge in [0.15, 0.2) is 0 Å². The van der Waals surface area contributed by atoms with E-state index in [9.17, 15) is 0 Å². The molecule has 2 heteroatoms. The summed E-state index contributed by atoms with van der Waals surface area (Å²) in [6.07, 6.45) is 1.24. The maximum Gasteiger partial charge on any atom is 0.0468 e. The van der Waals surface area contributed by atoms with Crippen molar-refractivity contribution in [2.45, 2.75) is 26.3 Å². The molecule has 0 aromatic carbocycles. The molecule has 1 fully saturated rings. The van der Waals surface area contributed by atoms with E-state index in [1.54, 1.807) is 0 Å². The van der Waals surface area contributed by atoms with Gasteiger partial charge in [0.25, 0.3) is 0 Å².